The molecule has 0 radical (unpaired) electrons. The highest BCUT2D eigenvalue weighted by Gasteiger charge is 2.21. The van der Waals surface area contributed by atoms with Crippen LogP contribution < -0.4 is 10.6 Å². The first-order chi connectivity index (χ1) is 9.01. The summed E-state index contributed by atoms with van der Waals surface area (Å²) in [7, 11) is 0. The average Bonchev–Trinajstić information content (AvgIpc) is 2.23. The van der Waals surface area contributed by atoms with E-state index in [0.717, 1.165) is 0 Å². The molecule has 0 saturated heterocycles. The second kappa shape index (κ2) is 7.67. The predicted molar refractivity (Wildman–Crippen MR) is 76.3 cm³/mol. The second-order valence-corrected chi connectivity index (χ2v) is 5.63. The van der Waals surface area contributed by atoms with Gasteiger partial charge in [-0.3, -0.25) is 9.59 Å². The van der Waals surface area contributed by atoms with Crippen molar-refractivity contribution in [2.75, 3.05) is 0 Å². The van der Waals surface area contributed by atoms with E-state index in [1.54, 1.807) is 40.7 Å². The number of rotatable bonds is 5. The van der Waals surface area contributed by atoms with E-state index in [1.165, 1.54) is 13.0 Å². The Morgan fingerprint density at radius 2 is 1.65 bits per heavy atom. The van der Waals surface area contributed by atoms with Crippen molar-refractivity contribution >= 4 is 17.8 Å². The Labute approximate surface area is 119 Å². The van der Waals surface area contributed by atoms with E-state index >= 15 is 0 Å². The average molecular weight is 284 g/mol. The highest BCUT2D eigenvalue weighted by Crippen LogP contribution is 2.06. The fraction of sp³-hybridized carbons (Fsp3) is 0.643. The first-order valence-corrected chi connectivity index (χ1v) is 6.50. The van der Waals surface area contributed by atoms with E-state index in [0.29, 0.717) is 0 Å². The standard InChI is InChI=1S/C14H24N2O4/c1-9(7-8-10(2)17)15-12(18)11(3)16-13(19)20-14(4,5)6/h7-9,11H,1-6H3,(H,15,18)(H,16,19)/b8-7+/t9-,11-/m0/s1. The Balaban J connectivity index is 4.28. The van der Waals surface area contributed by atoms with Gasteiger partial charge in [-0.2, -0.15) is 0 Å². The predicted octanol–water partition coefficient (Wildman–Crippen LogP) is 1.55. The molecule has 0 aromatic carbocycles. The number of nitrogens with one attached hydrogen (secondary N) is 2. The van der Waals surface area contributed by atoms with Crippen LogP contribution in [0.2, 0.25) is 0 Å². The van der Waals surface area contributed by atoms with Crippen molar-refractivity contribution in [3.05, 3.63) is 12.2 Å². The Bertz CT molecular complexity index is 396. The van der Waals surface area contributed by atoms with Crippen molar-refractivity contribution in [3.63, 3.8) is 0 Å². The van der Waals surface area contributed by atoms with Gasteiger partial charge in [-0.25, -0.2) is 4.79 Å². The Hall–Kier alpha value is -1.85. The van der Waals surface area contributed by atoms with Crippen LogP contribution in [-0.4, -0.2) is 35.5 Å². The van der Waals surface area contributed by atoms with Crippen LogP contribution in [-0.2, 0) is 14.3 Å². The number of hydrogen-bond donors (Lipinski definition) is 2. The topological polar surface area (TPSA) is 84.5 Å². The van der Waals surface area contributed by atoms with Crippen LogP contribution in [0.1, 0.15) is 41.5 Å². The third-order valence-corrected chi connectivity index (χ3v) is 2.12. The zero-order chi connectivity index (χ0) is 15.9. The summed E-state index contributed by atoms with van der Waals surface area (Å²) in [5, 5.41) is 5.10. The maximum absolute atomic E-state index is 11.8. The SMILES string of the molecule is CC(=O)/C=C/[C@H](C)NC(=O)[C@H](C)NC(=O)OC(C)(C)C. The van der Waals surface area contributed by atoms with E-state index < -0.39 is 17.7 Å². The number of allylic oxidation sites excluding steroid dienone is 1. The molecule has 0 bridgehead atoms. The number of carbonyl (C=O) groups is 3. The van der Waals surface area contributed by atoms with Crippen molar-refractivity contribution in [1.82, 2.24) is 10.6 Å². The van der Waals surface area contributed by atoms with Gasteiger partial charge in [-0.1, -0.05) is 6.08 Å². The number of ether oxygens (including phenoxy) is 1. The molecule has 0 aliphatic heterocycles. The molecular formula is C14H24N2O4. The van der Waals surface area contributed by atoms with Crippen LogP contribution in [0.5, 0.6) is 0 Å². The molecule has 20 heavy (non-hydrogen) atoms. The van der Waals surface area contributed by atoms with Gasteiger partial charge in [0.1, 0.15) is 11.6 Å². The molecule has 0 unspecified atom stereocenters. The maximum atomic E-state index is 11.8. The molecule has 0 spiro atoms. The molecule has 0 aliphatic carbocycles. The summed E-state index contributed by atoms with van der Waals surface area (Å²) in [6.07, 6.45) is 2.32. The monoisotopic (exact) mass is 284 g/mol. The van der Waals surface area contributed by atoms with E-state index in [-0.39, 0.29) is 17.7 Å². The van der Waals surface area contributed by atoms with Crippen molar-refractivity contribution < 1.29 is 19.1 Å². The van der Waals surface area contributed by atoms with Crippen LogP contribution in [0.15, 0.2) is 12.2 Å². The normalized spacial score (nSPS) is 14.5. The summed E-state index contributed by atoms with van der Waals surface area (Å²) in [6.45, 7) is 9.94. The van der Waals surface area contributed by atoms with Gasteiger partial charge in [0.25, 0.3) is 0 Å². The first-order valence-electron chi connectivity index (χ1n) is 6.50. The van der Waals surface area contributed by atoms with E-state index in [4.69, 9.17) is 4.74 Å². The first kappa shape index (κ1) is 18.1. The molecule has 2 amide bonds. The fourth-order valence-corrected chi connectivity index (χ4v) is 1.23. The third kappa shape index (κ3) is 9.13. The summed E-state index contributed by atoms with van der Waals surface area (Å²) in [5.74, 6) is -0.442. The summed E-state index contributed by atoms with van der Waals surface area (Å²) in [6, 6.07) is -1.02. The highest BCUT2D eigenvalue weighted by molar-refractivity contribution is 5.88. The van der Waals surface area contributed by atoms with Crippen molar-refractivity contribution in [2.24, 2.45) is 0 Å². The quantitative estimate of drug-likeness (QED) is 0.750. The van der Waals surface area contributed by atoms with Crippen molar-refractivity contribution in [3.8, 4) is 0 Å². The van der Waals surface area contributed by atoms with Gasteiger partial charge in [0, 0.05) is 6.04 Å². The zero-order valence-electron chi connectivity index (χ0n) is 12.9. The molecule has 2 atom stereocenters. The van der Waals surface area contributed by atoms with Gasteiger partial charge in [0.05, 0.1) is 0 Å². The minimum atomic E-state index is -0.724. The molecular weight excluding hydrogens is 260 g/mol. The van der Waals surface area contributed by atoms with Gasteiger partial charge in [0.2, 0.25) is 5.91 Å². The van der Waals surface area contributed by atoms with Crippen LogP contribution in [0.25, 0.3) is 0 Å². The van der Waals surface area contributed by atoms with Crippen LogP contribution >= 0.6 is 0 Å². The van der Waals surface area contributed by atoms with Gasteiger partial charge in [0.15, 0.2) is 5.78 Å². The largest absolute Gasteiger partial charge is 0.444 e. The van der Waals surface area contributed by atoms with Crippen LogP contribution in [0.4, 0.5) is 4.79 Å². The Morgan fingerprint density at radius 3 is 2.10 bits per heavy atom. The molecule has 0 saturated carbocycles. The van der Waals surface area contributed by atoms with Gasteiger partial charge in [-0.05, 0) is 47.6 Å². The van der Waals surface area contributed by atoms with Crippen LogP contribution in [0.3, 0.4) is 0 Å². The Kier molecular flexibility index (Phi) is 6.96. The lowest BCUT2D eigenvalue weighted by Gasteiger charge is -2.22. The zero-order valence-corrected chi connectivity index (χ0v) is 12.9. The summed E-state index contributed by atoms with van der Waals surface area (Å²) in [4.78, 5) is 34.1. The molecule has 114 valence electrons. The van der Waals surface area contributed by atoms with Crippen molar-refractivity contribution in [2.45, 2.75) is 59.2 Å². The number of alkyl carbamates (subject to hydrolysis) is 1. The third-order valence-electron chi connectivity index (χ3n) is 2.12. The van der Waals surface area contributed by atoms with E-state index in [2.05, 4.69) is 10.6 Å². The highest BCUT2D eigenvalue weighted by atomic mass is 16.6. The minimum absolute atomic E-state index is 0.0916. The lowest BCUT2D eigenvalue weighted by atomic mass is 10.2. The molecule has 0 aromatic rings. The smallest absolute Gasteiger partial charge is 0.408 e. The molecule has 0 rings (SSSR count). The molecule has 6 heteroatoms. The number of hydrogen-bond acceptors (Lipinski definition) is 4. The number of ketones is 1. The van der Waals surface area contributed by atoms with Gasteiger partial charge >= 0.3 is 6.09 Å². The van der Waals surface area contributed by atoms with Crippen LogP contribution in [0, 0.1) is 0 Å². The molecule has 2 N–H and O–H groups in total. The molecule has 0 aromatic heterocycles. The summed E-state index contributed by atoms with van der Waals surface area (Å²) in [5.41, 5.74) is -0.613. The van der Waals surface area contributed by atoms with Gasteiger partial charge < -0.3 is 15.4 Å². The maximum Gasteiger partial charge on any atom is 0.408 e. The second-order valence-electron chi connectivity index (χ2n) is 5.63. The molecule has 0 aliphatic rings. The number of carbonyl (C=O) groups excluding carboxylic acids is 3. The summed E-state index contributed by atoms with van der Waals surface area (Å²) < 4.78 is 5.05. The lowest BCUT2D eigenvalue weighted by molar-refractivity contribution is -0.123. The Morgan fingerprint density at radius 1 is 1.10 bits per heavy atom. The van der Waals surface area contributed by atoms with E-state index in [1.807, 2.05) is 0 Å². The van der Waals surface area contributed by atoms with Gasteiger partial charge in [-0.15, -0.1) is 0 Å². The minimum Gasteiger partial charge on any atom is -0.444 e. The molecule has 6 nitrogen and oxygen atoms in total. The molecule has 0 fully saturated rings. The summed E-state index contributed by atoms with van der Waals surface area (Å²) >= 11 is 0. The van der Waals surface area contributed by atoms with Crippen molar-refractivity contribution in [1.29, 1.82) is 0 Å². The molecule has 0 heterocycles. The number of amides is 2. The lowest BCUT2D eigenvalue weighted by Crippen LogP contribution is -2.48. The van der Waals surface area contributed by atoms with E-state index in [9.17, 15) is 14.4 Å². The fourth-order valence-electron chi connectivity index (χ4n) is 1.23.